The minimum Gasteiger partial charge on any atom is -0.489 e. The van der Waals surface area contributed by atoms with E-state index in [0.717, 1.165) is 0 Å². The van der Waals surface area contributed by atoms with Gasteiger partial charge in [-0.05, 0) is 43.7 Å². The van der Waals surface area contributed by atoms with E-state index in [1.54, 1.807) is 26.0 Å². The Bertz CT molecular complexity index is 891. The second kappa shape index (κ2) is 7.17. The number of para-hydroxylation sites is 1. The lowest BCUT2D eigenvalue weighted by Crippen LogP contribution is -2.15. The number of ether oxygens (including phenoxy) is 1. The van der Waals surface area contributed by atoms with Crippen LogP contribution in [0, 0.1) is 19.7 Å². The summed E-state index contributed by atoms with van der Waals surface area (Å²) in [6, 6.07) is 13.7. The van der Waals surface area contributed by atoms with Crippen LogP contribution >= 0.6 is 0 Å². The van der Waals surface area contributed by atoms with Crippen LogP contribution in [-0.2, 0) is 6.61 Å². The standard InChI is InChI=1S/C19H17FN2O3/c1-12-8-9-14(10-17(12)20)21-19(23)18-16(13(2)25-22-18)11-24-15-6-4-3-5-7-15/h3-10H,11H2,1-2H3,(H,21,23). The fraction of sp³-hybridized carbons (Fsp3) is 0.158. The highest BCUT2D eigenvalue weighted by Crippen LogP contribution is 2.20. The van der Waals surface area contributed by atoms with E-state index in [2.05, 4.69) is 10.5 Å². The fourth-order valence-corrected chi connectivity index (χ4v) is 2.27. The van der Waals surface area contributed by atoms with E-state index in [9.17, 15) is 9.18 Å². The van der Waals surface area contributed by atoms with Gasteiger partial charge >= 0.3 is 0 Å². The van der Waals surface area contributed by atoms with Crippen molar-refractivity contribution in [1.29, 1.82) is 0 Å². The van der Waals surface area contributed by atoms with Crippen molar-refractivity contribution in [2.75, 3.05) is 5.32 Å². The average Bonchev–Trinajstić information content (AvgIpc) is 2.98. The molecule has 0 radical (unpaired) electrons. The summed E-state index contributed by atoms with van der Waals surface area (Å²) in [7, 11) is 0. The molecule has 1 aromatic heterocycles. The fourth-order valence-electron chi connectivity index (χ4n) is 2.27. The van der Waals surface area contributed by atoms with E-state index in [-0.39, 0.29) is 18.1 Å². The summed E-state index contributed by atoms with van der Waals surface area (Å²) in [5, 5.41) is 6.42. The molecule has 2 aromatic carbocycles. The molecule has 0 saturated heterocycles. The van der Waals surface area contributed by atoms with Gasteiger partial charge in [0.1, 0.15) is 23.9 Å². The van der Waals surface area contributed by atoms with Gasteiger partial charge < -0.3 is 14.6 Å². The van der Waals surface area contributed by atoms with Gasteiger partial charge in [-0.1, -0.05) is 29.4 Å². The van der Waals surface area contributed by atoms with Crippen LogP contribution in [0.4, 0.5) is 10.1 Å². The second-order valence-corrected chi connectivity index (χ2v) is 5.59. The molecule has 1 amide bonds. The maximum Gasteiger partial charge on any atom is 0.278 e. The Labute approximate surface area is 144 Å². The Kier molecular flexibility index (Phi) is 4.79. The predicted molar refractivity (Wildman–Crippen MR) is 91.1 cm³/mol. The molecule has 0 fully saturated rings. The molecule has 1 heterocycles. The Balaban J connectivity index is 1.75. The third-order valence-electron chi connectivity index (χ3n) is 3.76. The first-order valence-corrected chi connectivity index (χ1v) is 7.75. The zero-order valence-electron chi connectivity index (χ0n) is 13.9. The Morgan fingerprint density at radius 1 is 1.20 bits per heavy atom. The smallest absolute Gasteiger partial charge is 0.278 e. The molecule has 1 N–H and O–H groups in total. The van der Waals surface area contributed by atoms with Gasteiger partial charge in [-0.25, -0.2) is 4.39 Å². The molecule has 0 aliphatic carbocycles. The third kappa shape index (κ3) is 3.85. The molecular weight excluding hydrogens is 323 g/mol. The van der Waals surface area contributed by atoms with Crippen LogP contribution in [0.15, 0.2) is 53.1 Å². The molecule has 5 nitrogen and oxygen atoms in total. The Morgan fingerprint density at radius 2 is 1.96 bits per heavy atom. The van der Waals surface area contributed by atoms with Crippen LogP contribution in [0.1, 0.15) is 27.4 Å². The van der Waals surface area contributed by atoms with Crippen LogP contribution in [-0.4, -0.2) is 11.1 Å². The van der Waals surface area contributed by atoms with Crippen LogP contribution in [0.3, 0.4) is 0 Å². The highest BCUT2D eigenvalue weighted by atomic mass is 19.1. The van der Waals surface area contributed by atoms with Crippen LogP contribution < -0.4 is 10.1 Å². The van der Waals surface area contributed by atoms with Gasteiger partial charge in [0.05, 0.1) is 5.56 Å². The summed E-state index contributed by atoms with van der Waals surface area (Å²) < 4.78 is 24.4. The lowest BCUT2D eigenvalue weighted by atomic mass is 10.2. The normalized spacial score (nSPS) is 10.5. The maximum absolute atomic E-state index is 13.6. The minimum absolute atomic E-state index is 0.120. The lowest BCUT2D eigenvalue weighted by molar-refractivity contribution is 0.101. The van der Waals surface area contributed by atoms with E-state index in [0.29, 0.717) is 28.3 Å². The first kappa shape index (κ1) is 16.7. The number of nitrogens with zero attached hydrogens (tertiary/aromatic N) is 1. The van der Waals surface area contributed by atoms with E-state index in [1.807, 2.05) is 30.3 Å². The van der Waals surface area contributed by atoms with Gasteiger partial charge in [-0.2, -0.15) is 0 Å². The van der Waals surface area contributed by atoms with Crippen molar-refractivity contribution in [3.05, 3.63) is 76.9 Å². The summed E-state index contributed by atoms with van der Waals surface area (Å²) in [6.45, 7) is 3.50. The quantitative estimate of drug-likeness (QED) is 0.754. The molecule has 0 bridgehead atoms. The minimum atomic E-state index is -0.480. The third-order valence-corrected chi connectivity index (χ3v) is 3.76. The summed E-state index contributed by atoms with van der Waals surface area (Å²) in [4.78, 5) is 12.4. The summed E-state index contributed by atoms with van der Waals surface area (Å²) in [5.74, 6) is 0.305. The van der Waals surface area contributed by atoms with Crippen LogP contribution in [0.2, 0.25) is 0 Å². The molecule has 0 atom stereocenters. The highest BCUT2D eigenvalue weighted by molar-refractivity contribution is 6.03. The lowest BCUT2D eigenvalue weighted by Gasteiger charge is -2.08. The molecule has 0 saturated carbocycles. The number of benzene rings is 2. The number of amides is 1. The molecule has 6 heteroatoms. The van der Waals surface area contributed by atoms with E-state index in [1.165, 1.54) is 6.07 Å². The zero-order chi connectivity index (χ0) is 17.8. The second-order valence-electron chi connectivity index (χ2n) is 5.59. The topological polar surface area (TPSA) is 64.4 Å². The number of anilines is 1. The van der Waals surface area contributed by atoms with Crippen molar-refractivity contribution in [3.8, 4) is 5.75 Å². The van der Waals surface area contributed by atoms with Gasteiger partial charge in [0, 0.05) is 5.69 Å². The molecule has 3 rings (SSSR count). The molecule has 128 valence electrons. The molecule has 0 unspecified atom stereocenters. The number of halogens is 1. The molecule has 0 aliphatic heterocycles. The number of nitrogens with one attached hydrogen (secondary N) is 1. The molecule has 3 aromatic rings. The van der Waals surface area contributed by atoms with Crippen LogP contribution in [0.25, 0.3) is 0 Å². The average molecular weight is 340 g/mol. The molecule has 0 aliphatic rings. The number of rotatable bonds is 5. The summed E-state index contributed by atoms with van der Waals surface area (Å²) >= 11 is 0. The Morgan fingerprint density at radius 3 is 2.68 bits per heavy atom. The number of carbonyl (C=O) groups is 1. The number of hydrogen-bond acceptors (Lipinski definition) is 4. The summed E-state index contributed by atoms with van der Waals surface area (Å²) in [6.07, 6.45) is 0. The van der Waals surface area contributed by atoms with Crippen molar-refractivity contribution in [2.45, 2.75) is 20.5 Å². The first-order chi connectivity index (χ1) is 12.0. The predicted octanol–water partition coefficient (Wildman–Crippen LogP) is 4.26. The van der Waals surface area contributed by atoms with Gasteiger partial charge in [-0.15, -0.1) is 0 Å². The van der Waals surface area contributed by atoms with Gasteiger partial charge in [-0.3, -0.25) is 4.79 Å². The van der Waals surface area contributed by atoms with Crippen molar-refractivity contribution >= 4 is 11.6 Å². The zero-order valence-corrected chi connectivity index (χ0v) is 13.9. The number of hydrogen-bond donors (Lipinski definition) is 1. The van der Waals surface area contributed by atoms with E-state index < -0.39 is 5.91 Å². The molecular formula is C19H17FN2O3. The first-order valence-electron chi connectivity index (χ1n) is 7.75. The Hall–Kier alpha value is -3.15. The monoisotopic (exact) mass is 340 g/mol. The van der Waals surface area contributed by atoms with Gasteiger partial charge in [0.25, 0.3) is 5.91 Å². The van der Waals surface area contributed by atoms with E-state index in [4.69, 9.17) is 9.26 Å². The van der Waals surface area contributed by atoms with E-state index >= 15 is 0 Å². The number of aromatic nitrogens is 1. The van der Waals surface area contributed by atoms with Gasteiger partial charge in [0.2, 0.25) is 0 Å². The number of aryl methyl sites for hydroxylation is 2. The van der Waals surface area contributed by atoms with Gasteiger partial charge in [0.15, 0.2) is 5.69 Å². The maximum atomic E-state index is 13.6. The largest absolute Gasteiger partial charge is 0.489 e. The van der Waals surface area contributed by atoms with Crippen LogP contribution in [0.5, 0.6) is 5.75 Å². The van der Waals surface area contributed by atoms with Crippen molar-refractivity contribution < 1.29 is 18.4 Å². The summed E-state index contributed by atoms with van der Waals surface area (Å²) in [5.41, 5.74) is 1.53. The van der Waals surface area contributed by atoms with Crippen molar-refractivity contribution in [3.63, 3.8) is 0 Å². The van der Waals surface area contributed by atoms with Crippen molar-refractivity contribution in [1.82, 2.24) is 5.16 Å². The number of carbonyl (C=O) groups excluding carboxylic acids is 1. The highest BCUT2D eigenvalue weighted by Gasteiger charge is 2.20. The van der Waals surface area contributed by atoms with Crippen molar-refractivity contribution in [2.24, 2.45) is 0 Å². The molecule has 0 spiro atoms. The SMILES string of the molecule is Cc1ccc(NC(=O)c2noc(C)c2COc2ccccc2)cc1F. The molecule has 25 heavy (non-hydrogen) atoms.